The maximum Gasteiger partial charge on any atom is 0.172 e. The Balaban J connectivity index is 2.24. The Labute approximate surface area is 152 Å². The molecule has 1 N–H and O–H groups in total. The first-order chi connectivity index (χ1) is 12.3. The molecule has 2 nitrogen and oxygen atoms in total. The molecule has 2 heteroatoms. The lowest BCUT2D eigenvalue weighted by molar-refractivity contribution is 0.405. The molecule has 0 aromatic heterocycles. The van der Waals surface area contributed by atoms with Crippen LogP contribution in [0.2, 0.25) is 0 Å². The lowest BCUT2D eigenvalue weighted by Gasteiger charge is -2.17. The first-order valence-electron chi connectivity index (χ1n) is 9.82. The summed E-state index contributed by atoms with van der Waals surface area (Å²) >= 11 is 0. The van der Waals surface area contributed by atoms with E-state index in [0.29, 0.717) is 5.75 Å². The zero-order valence-corrected chi connectivity index (χ0v) is 15.8. The van der Waals surface area contributed by atoms with Crippen molar-refractivity contribution in [3.8, 4) is 17.2 Å². The average molecular weight is 341 g/mol. The monoisotopic (exact) mass is 340 g/mol. The minimum Gasteiger partial charge on any atom is -0.504 e. The average Bonchev–Trinajstić information content (AvgIpc) is 2.64. The molecule has 0 saturated carbocycles. The summed E-state index contributed by atoms with van der Waals surface area (Å²) in [6.07, 6.45) is 10.5. The number of para-hydroxylation sites is 1. The standard InChI is InChI=1S/C23H32O2/c1-3-5-7-12-16-21-19(13-9-6-4-2)17-18-22(24)23(21)25-20-14-10-8-11-15-20/h8,10-11,14-15,17-18,24H,3-7,9,12-13,16H2,1-2H3. The van der Waals surface area contributed by atoms with Gasteiger partial charge in [-0.2, -0.15) is 0 Å². The third-order valence-corrected chi connectivity index (χ3v) is 4.63. The number of benzene rings is 2. The second-order valence-electron chi connectivity index (χ2n) is 6.73. The van der Waals surface area contributed by atoms with Crippen LogP contribution in [0.25, 0.3) is 0 Å². The Hall–Kier alpha value is -1.96. The van der Waals surface area contributed by atoms with Crippen molar-refractivity contribution in [3.63, 3.8) is 0 Å². The Kier molecular flexibility index (Phi) is 8.38. The van der Waals surface area contributed by atoms with E-state index in [0.717, 1.165) is 25.0 Å². The van der Waals surface area contributed by atoms with Gasteiger partial charge in [-0.3, -0.25) is 0 Å². The van der Waals surface area contributed by atoms with Crippen molar-refractivity contribution >= 4 is 0 Å². The third-order valence-electron chi connectivity index (χ3n) is 4.63. The maximum atomic E-state index is 10.4. The van der Waals surface area contributed by atoms with E-state index in [9.17, 15) is 5.11 Å². The molecule has 0 saturated heterocycles. The van der Waals surface area contributed by atoms with Gasteiger partial charge in [-0.05, 0) is 49.4 Å². The van der Waals surface area contributed by atoms with Crippen LogP contribution < -0.4 is 4.74 Å². The van der Waals surface area contributed by atoms with E-state index in [4.69, 9.17) is 4.74 Å². The van der Waals surface area contributed by atoms with Crippen LogP contribution in [-0.2, 0) is 12.8 Å². The van der Waals surface area contributed by atoms with E-state index in [1.807, 2.05) is 30.3 Å². The van der Waals surface area contributed by atoms with E-state index in [-0.39, 0.29) is 5.75 Å². The first kappa shape index (κ1) is 19.4. The van der Waals surface area contributed by atoms with Crippen molar-refractivity contribution in [3.05, 3.63) is 53.6 Å². The summed E-state index contributed by atoms with van der Waals surface area (Å²) < 4.78 is 6.09. The van der Waals surface area contributed by atoms with Crippen molar-refractivity contribution in [2.75, 3.05) is 0 Å². The minimum atomic E-state index is 0.244. The molecule has 2 aromatic rings. The molecule has 0 aliphatic heterocycles. The van der Waals surface area contributed by atoms with Gasteiger partial charge in [0.2, 0.25) is 0 Å². The molecule has 0 aliphatic carbocycles. The quantitative estimate of drug-likeness (QED) is 0.444. The second-order valence-corrected chi connectivity index (χ2v) is 6.73. The Morgan fingerprint density at radius 1 is 0.760 bits per heavy atom. The van der Waals surface area contributed by atoms with Gasteiger partial charge >= 0.3 is 0 Å². The van der Waals surface area contributed by atoms with Crippen LogP contribution >= 0.6 is 0 Å². The molecule has 0 heterocycles. The summed E-state index contributed by atoms with van der Waals surface area (Å²) in [7, 11) is 0. The molecule has 0 amide bonds. The molecule has 0 unspecified atom stereocenters. The fraction of sp³-hybridized carbons (Fsp3) is 0.478. The predicted molar refractivity (Wildman–Crippen MR) is 106 cm³/mol. The molecule has 0 radical (unpaired) electrons. The van der Waals surface area contributed by atoms with Crippen molar-refractivity contribution in [1.29, 1.82) is 0 Å². The molecule has 0 bridgehead atoms. The number of phenols is 1. The number of hydrogen-bond donors (Lipinski definition) is 1. The van der Waals surface area contributed by atoms with Crippen LogP contribution in [0.1, 0.15) is 69.9 Å². The van der Waals surface area contributed by atoms with Gasteiger partial charge < -0.3 is 9.84 Å². The minimum absolute atomic E-state index is 0.244. The van der Waals surface area contributed by atoms with Crippen LogP contribution in [0.15, 0.2) is 42.5 Å². The molecular weight excluding hydrogens is 308 g/mol. The molecule has 0 aliphatic rings. The van der Waals surface area contributed by atoms with Gasteiger partial charge in [0.05, 0.1) is 0 Å². The molecular formula is C23H32O2. The van der Waals surface area contributed by atoms with E-state index in [1.165, 1.54) is 49.7 Å². The van der Waals surface area contributed by atoms with Crippen LogP contribution in [0, 0.1) is 0 Å². The van der Waals surface area contributed by atoms with Crippen LogP contribution in [0.4, 0.5) is 0 Å². The summed E-state index contributed by atoms with van der Waals surface area (Å²) in [4.78, 5) is 0. The van der Waals surface area contributed by atoms with Gasteiger partial charge in [-0.1, -0.05) is 70.2 Å². The number of unbranched alkanes of at least 4 members (excludes halogenated alkanes) is 5. The number of aromatic hydroxyl groups is 1. The van der Waals surface area contributed by atoms with Gasteiger partial charge in [-0.25, -0.2) is 0 Å². The number of phenolic OH excluding ortho intramolecular Hbond substituents is 1. The third kappa shape index (κ3) is 6.12. The normalized spacial score (nSPS) is 10.8. The summed E-state index contributed by atoms with van der Waals surface area (Å²) in [6.45, 7) is 4.46. The summed E-state index contributed by atoms with van der Waals surface area (Å²) in [5.41, 5.74) is 2.52. The SMILES string of the molecule is CCCCCCc1c(CCCCC)ccc(O)c1Oc1ccccc1. The molecule has 2 aromatic carbocycles. The zero-order valence-electron chi connectivity index (χ0n) is 15.8. The molecule has 2 rings (SSSR count). The summed E-state index contributed by atoms with van der Waals surface area (Å²) in [6, 6.07) is 13.6. The highest BCUT2D eigenvalue weighted by atomic mass is 16.5. The second kappa shape index (κ2) is 10.8. The Morgan fingerprint density at radius 3 is 2.16 bits per heavy atom. The van der Waals surface area contributed by atoms with Crippen molar-refractivity contribution in [2.24, 2.45) is 0 Å². The molecule has 0 spiro atoms. The molecule has 25 heavy (non-hydrogen) atoms. The smallest absolute Gasteiger partial charge is 0.172 e. The van der Waals surface area contributed by atoms with Crippen LogP contribution in [0.5, 0.6) is 17.2 Å². The van der Waals surface area contributed by atoms with Gasteiger partial charge in [-0.15, -0.1) is 0 Å². The summed E-state index contributed by atoms with van der Waals surface area (Å²) in [5.74, 6) is 1.67. The fourth-order valence-electron chi connectivity index (χ4n) is 3.18. The zero-order chi connectivity index (χ0) is 17.9. The van der Waals surface area contributed by atoms with Crippen LogP contribution in [0.3, 0.4) is 0 Å². The fourth-order valence-corrected chi connectivity index (χ4v) is 3.18. The van der Waals surface area contributed by atoms with Crippen molar-refractivity contribution in [2.45, 2.75) is 71.6 Å². The lowest BCUT2D eigenvalue weighted by Crippen LogP contribution is -2.00. The molecule has 0 atom stereocenters. The largest absolute Gasteiger partial charge is 0.504 e. The lowest BCUT2D eigenvalue weighted by atomic mass is 9.95. The van der Waals surface area contributed by atoms with E-state index in [1.54, 1.807) is 6.07 Å². The molecule has 0 fully saturated rings. The predicted octanol–water partition coefficient (Wildman–Crippen LogP) is 7.04. The maximum absolute atomic E-state index is 10.4. The topological polar surface area (TPSA) is 29.5 Å². The van der Waals surface area contributed by atoms with Gasteiger partial charge in [0.1, 0.15) is 5.75 Å². The number of aryl methyl sites for hydroxylation is 1. The first-order valence-corrected chi connectivity index (χ1v) is 9.82. The number of hydrogen-bond acceptors (Lipinski definition) is 2. The van der Waals surface area contributed by atoms with E-state index >= 15 is 0 Å². The van der Waals surface area contributed by atoms with E-state index < -0.39 is 0 Å². The van der Waals surface area contributed by atoms with Crippen molar-refractivity contribution < 1.29 is 9.84 Å². The van der Waals surface area contributed by atoms with Crippen molar-refractivity contribution in [1.82, 2.24) is 0 Å². The Morgan fingerprint density at radius 2 is 1.44 bits per heavy atom. The van der Waals surface area contributed by atoms with E-state index in [2.05, 4.69) is 19.9 Å². The Bertz CT molecular complexity index is 619. The van der Waals surface area contributed by atoms with Crippen LogP contribution in [-0.4, -0.2) is 5.11 Å². The highest BCUT2D eigenvalue weighted by Crippen LogP contribution is 2.38. The highest BCUT2D eigenvalue weighted by molar-refractivity contribution is 5.52. The number of ether oxygens (including phenoxy) is 1. The number of rotatable bonds is 11. The summed E-state index contributed by atoms with van der Waals surface area (Å²) in [5, 5.41) is 10.4. The van der Waals surface area contributed by atoms with Gasteiger partial charge in [0.15, 0.2) is 11.5 Å². The molecule has 136 valence electrons. The highest BCUT2D eigenvalue weighted by Gasteiger charge is 2.15. The van der Waals surface area contributed by atoms with Gasteiger partial charge in [0, 0.05) is 5.56 Å². The van der Waals surface area contributed by atoms with Gasteiger partial charge in [0.25, 0.3) is 0 Å².